The average Bonchev–Trinajstić information content (AvgIpc) is 2.82. The molecule has 3 aromatic rings. The fourth-order valence-corrected chi connectivity index (χ4v) is 6.54. The number of hydrogen-bond donors (Lipinski definition) is 2. The number of aliphatic carboxylic acids is 1. The largest absolute Gasteiger partial charge is 0.508 e. The summed E-state index contributed by atoms with van der Waals surface area (Å²) in [5.74, 6) is -0.854. The van der Waals surface area contributed by atoms with Gasteiger partial charge in [0, 0.05) is 18.5 Å². The predicted octanol–water partition coefficient (Wildman–Crippen LogP) is 5.08. The Morgan fingerprint density at radius 3 is 2.38 bits per heavy atom. The van der Waals surface area contributed by atoms with Crippen LogP contribution in [0.5, 0.6) is 5.75 Å². The average molecular weight is 456 g/mol. The molecule has 2 N–H and O–H groups in total. The van der Waals surface area contributed by atoms with Gasteiger partial charge in [0.2, 0.25) is 0 Å². The van der Waals surface area contributed by atoms with E-state index in [9.17, 15) is 15.0 Å². The second-order valence-corrected chi connectivity index (χ2v) is 10.5. The molecule has 0 aromatic heterocycles. The number of rotatable bonds is 6. The van der Waals surface area contributed by atoms with Crippen molar-refractivity contribution in [3.05, 3.63) is 101 Å². The molecule has 0 saturated carbocycles. The van der Waals surface area contributed by atoms with Gasteiger partial charge in [0.25, 0.3) is 0 Å². The van der Waals surface area contributed by atoms with Crippen LogP contribution in [0.4, 0.5) is 0 Å². The van der Waals surface area contributed by atoms with Gasteiger partial charge in [-0.05, 0) is 72.0 Å². The molecule has 0 spiro atoms. The van der Waals surface area contributed by atoms with Crippen LogP contribution in [0.1, 0.15) is 35.6 Å². The topological polar surface area (TPSA) is 60.8 Å². The number of benzene rings is 3. The standard InChI is InChI=1S/C30H33NO3/c1-29-18-23-10-5-6-11-24(23)19-30(29,26-12-7-13-27(32)17-26)14-15-31(21-29)20-25(28(33)34)16-22-8-3-2-4-9-22/h2-13,17,25,32H,14-16,18-21H2,1H3,(H,33,34)/t25-,29-,30?/m0/s1. The molecular formula is C30H33NO3. The van der Waals surface area contributed by atoms with E-state index in [4.69, 9.17) is 0 Å². The van der Waals surface area contributed by atoms with Crippen molar-refractivity contribution in [2.45, 2.75) is 38.0 Å². The third kappa shape index (κ3) is 4.12. The molecule has 1 saturated heterocycles. The lowest BCUT2D eigenvalue weighted by molar-refractivity contribution is -0.143. The summed E-state index contributed by atoms with van der Waals surface area (Å²) in [5.41, 5.74) is 4.89. The van der Waals surface area contributed by atoms with E-state index in [1.807, 2.05) is 42.5 Å². The van der Waals surface area contributed by atoms with Crippen LogP contribution in [0, 0.1) is 11.3 Å². The van der Waals surface area contributed by atoms with E-state index in [1.54, 1.807) is 6.07 Å². The van der Waals surface area contributed by atoms with Crippen molar-refractivity contribution in [1.82, 2.24) is 4.90 Å². The van der Waals surface area contributed by atoms with E-state index >= 15 is 0 Å². The van der Waals surface area contributed by atoms with Crippen molar-refractivity contribution in [2.75, 3.05) is 19.6 Å². The second kappa shape index (κ2) is 8.92. The van der Waals surface area contributed by atoms with E-state index in [-0.39, 0.29) is 10.8 Å². The molecule has 176 valence electrons. The summed E-state index contributed by atoms with van der Waals surface area (Å²) in [6.07, 6.45) is 3.39. The van der Waals surface area contributed by atoms with Crippen LogP contribution in [-0.2, 0) is 29.5 Å². The molecule has 5 rings (SSSR count). The zero-order valence-electron chi connectivity index (χ0n) is 19.8. The second-order valence-electron chi connectivity index (χ2n) is 10.5. The molecule has 1 heterocycles. The third-order valence-corrected chi connectivity index (χ3v) is 8.33. The van der Waals surface area contributed by atoms with Crippen LogP contribution in [0.15, 0.2) is 78.9 Å². The predicted molar refractivity (Wildman–Crippen MR) is 134 cm³/mol. The number of nitrogens with zero attached hydrogens (tertiary/aromatic N) is 1. The van der Waals surface area contributed by atoms with Gasteiger partial charge in [0.1, 0.15) is 5.75 Å². The molecule has 1 unspecified atom stereocenters. The maximum Gasteiger partial charge on any atom is 0.308 e. The van der Waals surface area contributed by atoms with Crippen LogP contribution in [-0.4, -0.2) is 40.7 Å². The number of likely N-dealkylation sites (tertiary alicyclic amines) is 1. The first-order valence-electron chi connectivity index (χ1n) is 12.2. The first kappa shape index (κ1) is 22.7. The van der Waals surface area contributed by atoms with Crippen LogP contribution < -0.4 is 0 Å². The number of hydrogen-bond acceptors (Lipinski definition) is 3. The summed E-state index contributed by atoms with van der Waals surface area (Å²) in [6, 6.07) is 26.4. The minimum Gasteiger partial charge on any atom is -0.508 e. The normalized spacial score (nSPS) is 25.2. The zero-order valence-corrected chi connectivity index (χ0v) is 19.8. The molecule has 1 aliphatic heterocycles. The van der Waals surface area contributed by atoms with Crippen molar-refractivity contribution in [1.29, 1.82) is 0 Å². The maximum absolute atomic E-state index is 12.2. The molecule has 4 heteroatoms. The number of carboxylic acid groups (broad SMARTS) is 1. The van der Waals surface area contributed by atoms with Gasteiger partial charge in [-0.15, -0.1) is 0 Å². The van der Waals surface area contributed by atoms with E-state index in [0.29, 0.717) is 18.7 Å². The van der Waals surface area contributed by atoms with E-state index in [0.717, 1.165) is 37.9 Å². The quantitative estimate of drug-likeness (QED) is 0.544. The van der Waals surface area contributed by atoms with Crippen molar-refractivity contribution in [3.63, 3.8) is 0 Å². The van der Waals surface area contributed by atoms with Crippen molar-refractivity contribution >= 4 is 5.97 Å². The van der Waals surface area contributed by atoms with Gasteiger partial charge in [-0.3, -0.25) is 4.79 Å². The summed E-state index contributed by atoms with van der Waals surface area (Å²) < 4.78 is 0. The number of phenolic OH excluding ortho intramolecular Hbond substituents is 1. The molecule has 2 aliphatic rings. The summed E-state index contributed by atoms with van der Waals surface area (Å²) >= 11 is 0. The number of fused-ring (bicyclic) bond motifs is 2. The molecule has 0 amide bonds. The summed E-state index contributed by atoms with van der Waals surface area (Å²) in [7, 11) is 0. The van der Waals surface area contributed by atoms with Crippen molar-refractivity contribution in [2.24, 2.45) is 11.3 Å². The molecule has 34 heavy (non-hydrogen) atoms. The molecule has 4 nitrogen and oxygen atoms in total. The Morgan fingerprint density at radius 2 is 1.68 bits per heavy atom. The van der Waals surface area contributed by atoms with Gasteiger partial charge >= 0.3 is 5.97 Å². The lowest BCUT2D eigenvalue weighted by Gasteiger charge is -2.58. The minimum atomic E-state index is -0.729. The van der Waals surface area contributed by atoms with Gasteiger partial charge in [0.15, 0.2) is 0 Å². The van der Waals surface area contributed by atoms with Gasteiger partial charge in [0.05, 0.1) is 5.92 Å². The highest BCUT2D eigenvalue weighted by atomic mass is 16.4. The highest BCUT2D eigenvalue weighted by Gasteiger charge is 2.55. The highest BCUT2D eigenvalue weighted by Crippen LogP contribution is 2.55. The van der Waals surface area contributed by atoms with Gasteiger partial charge in [-0.25, -0.2) is 0 Å². The first-order chi connectivity index (χ1) is 16.4. The van der Waals surface area contributed by atoms with Crippen LogP contribution in [0.3, 0.4) is 0 Å². The number of aromatic hydroxyl groups is 1. The molecule has 0 radical (unpaired) electrons. The molecular weight excluding hydrogens is 422 g/mol. The summed E-state index contributed by atoms with van der Waals surface area (Å²) in [6.45, 7) is 4.62. The zero-order chi connectivity index (χ0) is 23.8. The molecule has 1 fully saturated rings. The van der Waals surface area contributed by atoms with Crippen molar-refractivity contribution < 1.29 is 15.0 Å². The SMILES string of the molecule is C[C@@]12Cc3ccccc3CC1(c1cccc(O)c1)CCN(C[C@H](Cc1ccccc1)C(=O)O)C2. The van der Waals surface area contributed by atoms with Gasteiger partial charge in [-0.1, -0.05) is 73.7 Å². The minimum absolute atomic E-state index is 0.0663. The van der Waals surface area contributed by atoms with Gasteiger partial charge in [-0.2, -0.15) is 0 Å². The first-order valence-corrected chi connectivity index (χ1v) is 12.2. The summed E-state index contributed by atoms with van der Waals surface area (Å²) in [4.78, 5) is 14.5. The lowest BCUT2D eigenvalue weighted by Crippen LogP contribution is -2.61. The molecule has 1 aliphatic carbocycles. The maximum atomic E-state index is 12.2. The number of piperidine rings is 1. The fourth-order valence-electron chi connectivity index (χ4n) is 6.54. The fraction of sp³-hybridized carbons (Fsp3) is 0.367. The van der Waals surface area contributed by atoms with Crippen LogP contribution >= 0.6 is 0 Å². The Bertz CT molecular complexity index is 1180. The third-order valence-electron chi connectivity index (χ3n) is 8.33. The Kier molecular flexibility index (Phi) is 5.95. The molecule has 3 aromatic carbocycles. The molecule has 0 bridgehead atoms. The van der Waals surface area contributed by atoms with E-state index in [2.05, 4.69) is 42.2 Å². The number of phenols is 1. The highest BCUT2D eigenvalue weighted by molar-refractivity contribution is 5.70. The Morgan fingerprint density at radius 1 is 0.971 bits per heavy atom. The monoisotopic (exact) mass is 455 g/mol. The van der Waals surface area contributed by atoms with Gasteiger partial charge < -0.3 is 15.1 Å². The number of carbonyl (C=O) groups is 1. The van der Waals surface area contributed by atoms with Crippen LogP contribution in [0.2, 0.25) is 0 Å². The Balaban J connectivity index is 1.45. The Labute approximate surface area is 201 Å². The smallest absolute Gasteiger partial charge is 0.308 e. The van der Waals surface area contributed by atoms with E-state index in [1.165, 1.54) is 16.7 Å². The van der Waals surface area contributed by atoms with Crippen molar-refractivity contribution in [3.8, 4) is 5.75 Å². The summed E-state index contributed by atoms with van der Waals surface area (Å²) in [5, 5.41) is 20.3. The van der Waals surface area contributed by atoms with Crippen LogP contribution in [0.25, 0.3) is 0 Å². The van der Waals surface area contributed by atoms with E-state index < -0.39 is 11.9 Å². The lowest BCUT2D eigenvalue weighted by atomic mass is 9.50. The number of carboxylic acids is 1. The Hall–Kier alpha value is -3.11. The molecule has 3 atom stereocenters.